The van der Waals surface area contributed by atoms with Crippen molar-refractivity contribution in [1.82, 2.24) is 5.32 Å². The average Bonchev–Trinajstić information content (AvgIpc) is 3.32. The van der Waals surface area contributed by atoms with E-state index >= 15 is 0 Å². The fraction of sp³-hybridized carbons (Fsp3) is 0.833. The van der Waals surface area contributed by atoms with Crippen LogP contribution in [0.5, 0.6) is 0 Å². The maximum absolute atomic E-state index is 12.5. The number of amides is 1. The third-order valence-electron chi connectivity index (χ3n) is 13.1. The monoisotopic (exact) mass is 926 g/mol. The van der Waals surface area contributed by atoms with Crippen LogP contribution >= 0.6 is 0 Å². The zero-order chi connectivity index (χ0) is 47.9. The smallest absolute Gasteiger partial charge is 0.305 e. The quantitative estimate of drug-likeness (QED) is 0.0321. The number of unbranched alkanes of at least 4 members (excludes halogenated alkanes) is 36. The minimum absolute atomic E-state index is 0.0120. The number of allylic oxidation sites excluding steroid dienone is 7. The molecule has 0 saturated heterocycles. The fourth-order valence-electron chi connectivity index (χ4n) is 8.59. The number of aliphatic hydroxyl groups excluding tert-OH is 2. The van der Waals surface area contributed by atoms with Gasteiger partial charge >= 0.3 is 5.97 Å². The number of nitrogens with one attached hydrogen (secondary N) is 1. The van der Waals surface area contributed by atoms with Crippen LogP contribution in [0.25, 0.3) is 0 Å². The van der Waals surface area contributed by atoms with E-state index in [0.717, 1.165) is 64.2 Å². The van der Waals surface area contributed by atoms with Gasteiger partial charge in [0.15, 0.2) is 0 Å². The summed E-state index contributed by atoms with van der Waals surface area (Å²) in [5, 5.41) is 23.1. The molecule has 2 atom stereocenters. The molecule has 0 aromatic rings. The first-order valence-corrected chi connectivity index (χ1v) is 28.9. The second-order valence-corrected chi connectivity index (χ2v) is 19.6. The van der Waals surface area contributed by atoms with Crippen LogP contribution in [0.4, 0.5) is 0 Å². The molecule has 0 rings (SSSR count). The number of esters is 1. The Kier molecular flexibility index (Phi) is 53.6. The summed E-state index contributed by atoms with van der Waals surface area (Å²) >= 11 is 0. The van der Waals surface area contributed by atoms with Crippen molar-refractivity contribution in [2.24, 2.45) is 0 Å². The highest BCUT2D eigenvalue weighted by Crippen LogP contribution is 2.16. The Morgan fingerprint density at radius 2 is 0.773 bits per heavy atom. The van der Waals surface area contributed by atoms with E-state index in [-0.39, 0.29) is 18.5 Å². The van der Waals surface area contributed by atoms with Gasteiger partial charge in [-0.2, -0.15) is 0 Å². The molecule has 66 heavy (non-hydrogen) atoms. The van der Waals surface area contributed by atoms with E-state index in [9.17, 15) is 19.8 Å². The van der Waals surface area contributed by atoms with Crippen LogP contribution in [0.3, 0.4) is 0 Å². The van der Waals surface area contributed by atoms with Crippen molar-refractivity contribution in [3.63, 3.8) is 0 Å². The normalized spacial score (nSPS) is 13.0. The van der Waals surface area contributed by atoms with Gasteiger partial charge in [0.1, 0.15) is 0 Å². The number of hydrogen-bond acceptors (Lipinski definition) is 5. The van der Waals surface area contributed by atoms with Gasteiger partial charge in [-0.25, -0.2) is 0 Å². The largest absolute Gasteiger partial charge is 0.466 e. The maximum Gasteiger partial charge on any atom is 0.305 e. The summed E-state index contributed by atoms with van der Waals surface area (Å²) in [5.74, 6) is -0.0897. The Morgan fingerprint density at radius 3 is 1.21 bits per heavy atom. The van der Waals surface area contributed by atoms with Crippen molar-refractivity contribution in [1.29, 1.82) is 0 Å². The highest BCUT2D eigenvalue weighted by molar-refractivity contribution is 5.76. The van der Waals surface area contributed by atoms with E-state index in [1.54, 1.807) is 6.08 Å². The summed E-state index contributed by atoms with van der Waals surface area (Å²) < 4.78 is 5.46. The van der Waals surface area contributed by atoms with Gasteiger partial charge in [0.2, 0.25) is 5.91 Å². The maximum atomic E-state index is 12.5. The first-order chi connectivity index (χ1) is 32.5. The van der Waals surface area contributed by atoms with E-state index in [0.29, 0.717) is 19.4 Å². The Balaban J connectivity index is 3.48. The second kappa shape index (κ2) is 55.4. The molecule has 3 N–H and O–H groups in total. The summed E-state index contributed by atoms with van der Waals surface area (Å²) in [6, 6.07) is -0.636. The number of aliphatic hydroxyl groups is 2. The standard InChI is InChI=1S/C60H111NO5/c1-3-5-7-9-11-13-15-17-19-25-28-32-36-40-44-48-52-58(63)57(56-62)61-59(64)53-49-45-41-37-33-29-26-23-21-20-22-24-27-31-35-39-43-47-51-55-66-60(65)54-50-46-42-38-34-30-18-16-14-12-10-8-6-4-2/h10,12,16,18,20-21,48,52,57-58,62-63H,3-9,11,13-15,17,19,22-47,49-51,53-56H2,1-2H3,(H,61,64)/b12-10-,18-16-,21-20-,52-48+. The molecule has 6 heteroatoms. The summed E-state index contributed by atoms with van der Waals surface area (Å²) in [7, 11) is 0. The molecule has 0 aliphatic heterocycles. The van der Waals surface area contributed by atoms with Crippen molar-refractivity contribution >= 4 is 11.9 Å². The fourth-order valence-corrected chi connectivity index (χ4v) is 8.59. The predicted molar refractivity (Wildman–Crippen MR) is 287 cm³/mol. The Labute approximate surface area is 410 Å². The van der Waals surface area contributed by atoms with E-state index < -0.39 is 12.1 Å². The zero-order valence-electron chi connectivity index (χ0n) is 43.9. The van der Waals surface area contributed by atoms with Gasteiger partial charge in [-0.05, 0) is 83.5 Å². The molecular formula is C60H111NO5. The van der Waals surface area contributed by atoms with Crippen LogP contribution in [-0.4, -0.2) is 47.4 Å². The molecule has 2 unspecified atom stereocenters. The van der Waals surface area contributed by atoms with Gasteiger partial charge in [0.05, 0.1) is 25.4 Å². The van der Waals surface area contributed by atoms with E-state index in [1.807, 2.05) is 6.08 Å². The molecule has 1 amide bonds. The third-order valence-corrected chi connectivity index (χ3v) is 13.1. The molecule has 0 aromatic carbocycles. The number of carbonyl (C=O) groups is 2. The number of rotatable bonds is 53. The summed E-state index contributed by atoms with van der Waals surface area (Å²) in [6.07, 6.45) is 69.8. The van der Waals surface area contributed by atoms with Crippen LogP contribution in [0.1, 0.15) is 296 Å². The van der Waals surface area contributed by atoms with Gasteiger partial charge in [-0.3, -0.25) is 9.59 Å². The Bertz CT molecular complexity index is 1110. The number of carbonyl (C=O) groups excluding carboxylic acids is 2. The first kappa shape index (κ1) is 63.8. The summed E-state index contributed by atoms with van der Waals surface area (Å²) in [6.45, 7) is 4.85. The molecule has 0 bridgehead atoms. The molecule has 0 saturated carbocycles. The lowest BCUT2D eigenvalue weighted by molar-refractivity contribution is -0.143. The number of ether oxygens (including phenoxy) is 1. The zero-order valence-corrected chi connectivity index (χ0v) is 43.9. The molecule has 386 valence electrons. The van der Waals surface area contributed by atoms with Crippen LogP contribution in [-0.2, 0) is 14.3 Å². The lowest BCUT2D eigenvalue weighted by Crippen LogP contribution is -2.45. The van der Waals surface area contributed by atoms with Gasteiger partial charge < -0.3 is 20.3 Å². The van der Waals surface area contributed by atoms with Crippen molar-refractivity contribution in [3.8, 4) is 0 Å². The SMILES string of the molecule is CCCC/C=C\C/C=C\CCCCCCCC(=O)OCCCCCCCCCC/C=C\CCCCCCCCCC(=O)NC(CO)C(O)/C=C/CCCCCCCCCCCCCCCC. The molecule has 0 spiro atoms. The third kappa shape index (κ3) is 51.2. The highest BCUT2D eigenvalue weighted by Gasteiger charge is 2.18. The summed E-state index contributed by atoms with van der Waals surface area (Å²) in [5.41, 5.74) is 0. The van der Waals surface area contributed by atoms with Gasteiger partial charge in [-0.1, -0.05) is 249 Å². The van der Waals surface area contributed by atoms with Crippen LogP contribution in [0.2, 0.25) is 0 Å². The highest BCUT2D eigenvalue weighted by atomic mass is 16.5. The molecule has 0 aliphatic carbocycles. The van der Waals surface area contributed by atoms with E-state index in [2.05, 4.69) is 55.6 Å². The van der Waals surface area contributed by atoms with Crippen LogP contribution in [0.15, 0.2) is 48.6 Å². The molecule has 0 aromatic heterocycles. The lowest BCUT2D eigenvalue weighted by Gasteiger charge is -2.20. The number of hydrogen-bond donors (Lipinski definition) is 3. The van der Waals surface area contributed by atoms with Crippen molar-refractivity contribution in [2.75, 3.05) is 13.2 Å². The molecule has 0 heterocycles. The Hall–Kier alpha value is -2.18. The van der Waals surface area contributed by atoms with Crippen molar-refractivity contribution in [3.05, 3.63) is 48.6 Å². The first-order valence-electron chi connectivity index (χ1n) is 28.9. The van der Waals surface area contributed by atoms with E-state index in [1.165, 1.54) is 205 Å². The average molecular weight is 927 g/mol. The molecule has 0 radical (unpaired) electrons. The lowest BCUT2D eigenvalue weighted by atomic mass is 10.0. The van der Waals surface area contributed by atoms with E-state index in [4.69, 9.17) is 4.74 Å². The summed E-state index contributed by atoms with van der Waals surface area (Å²) in [4.78, 5) is 24.5. The molecule has 6 nitrogen and oxygen atoms in total. The molecular weight excluding hydrogens is 815 g/mol. The van der Waals surface area contributed by atoms with Crippen molar-refractivity contribution in [2.45, 2.75) is 309 Å². The van der Waals surface area contributed by atoms with Crippen molar-refractivity contribution < 1.29 is 24.5 Å². The second-order valence-electron chi connectivity index (χ2n) is 19.6. The topological polar surface area (TPSA) is 95.9 Å². The van der Waals surface area contributed by atoms with Crippen LogP contribution in [0, 0.1) is 0 Å². The van der Waals surface area contributed by atoms with Gasteiger partial charge in [-0.15, -0.1) is 0 Å². The van der Waals surface area contributed by atoms with Gasteiger partial charge in [0.25, 0.3) is 0 Å². The van der Waals surface area contributed by atoms with Crippen LogP contribution < -0.4 is 5.32 Å². The molecule has 0 fully saturated rings. The Morgan fingerprint density at radius 1 is 0.424 bits per heavy atom. The van der Waals surface area contributed by atoms with Gasteiger partial charge in [0, 0.05) is 12.8 Å². The minimum Gasteiger partial charge on any atom is -0.466 e. The minimum atomic E-state index is -0.852. The predicted octanol–water partition coefficient (Wildman–Crippen LogP) is 17.8. The molecule has 0 aliphatic rings.